The van der Waals surface area contributed by atoms with Crippen molar-refractivity contribution in [2.75, 3.05) is 0 Å². The second-order valence-corrected chi connectivity index (χ2v) is 4.98. The van der Waals surface area contributed by atoms with E-state index < -0.39 is 0 Å². The Morgan fingerprint density at radius 2 is 1.67 bits per heavy atom. The number of rotatable bonds is 0. The van der Waals surface area contributed by atoms with Crippen LogP contribution in [0.2, 0.25) is 0 Å². The van der Waals surface area contributed by atoms with Gasteiger partial charge in [-0.05, 0) is 0 Å². The molecule has 0 fully saturated rings. The van der Waals surface area contributed by atoms with Gasteiger partial charge in [-0.3, -0.25) is 0 Å². The molecule has 0 saturated carbocycles. The summed E-state index contributed by atoms with van der Waals surface area (Å²) in [4.78, 5) is 0. The Hall–Kier alpha value is 0.870. The van der Waals surface area contributed by atoms with Crippen LogP contribution in [0.3, 0.4) is 0 Å². The fraction of sp³-hybridized carbons (Fsp3) is 0. The van der Waals surface area contributed by atoms with E-state index in [1.54, 1.807) is 0 Å². The summed E-state index contributed by atoms with van der Waals surface area (Å²) >= 11 is 4.26. The monoisotopic (exact) mass is 453 g/mol. The molecule has 46 valence electrons. The van der Waals surface area contributed by atoms with E-state index in [2.05, 4.69) is 50.2 Å². The topological polar surface area (TPSA) is 0 Å². The van der Waals surface area contributed by atoms with Gasteiger partial charge in [-0.25, -0.2) is 0 Å². The molecule has 0 aliphatic rings. The van der Waals surface area contributed by atoms with Crippen molar-refractivity contribution in [2.45, 2.75) is 0 Å². The molecule has 0 saturated heterocycles. The summed E-state index contributed by atoms with van der Waals surface area (Å²) in [6.45, 7) is 0. The molecule has 0 radical (unpaired) electrons. The molecule has 9 heavy (non-hydrogen) atoms. The first-order valence-electron chi connectivity index (χ1n) is 1.77. The normalized spacial score (nSPS) is 5.11. The van der Waals surface area contributed by atoms with E-state index in [9.17, 15) is 0 Å². The fourth-order valence-corrected chi connectivity index (χ4v) is 1.18. The van der Waals surface area contributed by atoms with Gasteiger partial charge in [-0.2, -0.15) is 0 Å². The van der Waals surface area contributed by atoms with Crippen molar-refractivity contribution < 1.29 is 17.2 Å². The second kappa shape index (κ2) is 8.87. The predicted octanol–water partition coefficient (Wildman–Crippen LogP) is -1.21. The van der Waals surface area contributed by atoms with Crippen LogP contribution in [-0.4, -0.2) is 0 Å². The van der Waals surface area contributed by atoms with Gasteiger partial charge in [0.15, 0.2) is 0 Å². The first-order chi connectivity index (χ1) is 4.41. The summed E-state index contributed by atoms with van der Waals surface area (Å²) in [6, 6.07) is 0. The van der Waals surface area contributed by atoms with Crippen LogP contribution >= 0.6 is 41.2 Å². The molecule has 0 bridgehead atoms. The van der Waals surface area contributed by atoms with Crippen molar-refractivity contribution in [3.05, 3.63) is 0 Å². The van der Waals surface area contributed by atoms with Gasteiger partial charge in [0.2, 0.25) is 0 Å². The molecular weight excluding hydrogens is 453 g/mol. The molecule has 3 heteroatoms. The van der Waals surface area contributed by atoms with E-state index in [0.29, 0.717) is 0 Å². The Morgan fingerprint density at radius 3 is 2.22 bits per heavy atom. The number of hydrogen-bond donors (Lipinski definition) is 0. The van der Waals surface area contributed by atoms with E-state index in [1.165, 1.54) is 0 Å². The van der Waals surface area contributed by atoms with Gasteiger partial charge >= 0.3 is 90.0 Å². The fourth-order valence-electron chi connectivity index (χ4n) is 0.128. The Labute approximate surface area is 88.5 Å². The Kier molecular flexibility index (Phi) is 9.73. The third-order valence-electron chi connectivity index (χ3n) is 0.318. The summed E-state index contributed by atoms with van der Waals surface area (Å²) in [5.74, 6) is 10.5. The molecule has 0 rings (SSSR count). The first-order valence-corrected chi connectivity index (χ1v) is 10.2. The standard InChI is InChI=1S/C6I3/c7-5-3-1-2-4-6-9-8/q-1. The van der Waals surface area contributed by atoms with Gasteiger partial charge in [0, 0.05) is 0 Å². The van der Waals surface area contributed by atoms with Gasteiger partial charge in [0.25, 0.3) is 0 Å². The molecule has 0 aromatic rings. The molecule has 0 aromatic heterocycles. The van der Waals surface area contributed by atoms with Crippen molar-refractivity contribution in [2.24, 2.45) is 0 Å². The number of hydrogen-bond acceptors (Lipinski definition) is 0. The molecule has 0 nitrogen and oxygen atoms in total. The first kappa shape index (κ1) is 9.87. The molecule has 0 aromatic carbocycles. The van der Waals surface area contributed by atoms with Crippen LogP contribution in [0.1, 0.15) is 0 Å². The van der Waals surface area contributed by atoms with E-state index in [0.717, 1.165) is 0 Å². The van der Waals surface area contributed by atoms with Gasteiger partial charge in [0.1, 0.15) is 0 Å². The molecular formula is C6I3-. The van der Waals surface area contributed by atoms with Crippen molar-refractivity contribution >= 4 is 41.2 Å². The maximum atomic E-state index is 2.91. The summed E-state index contributed by atoms with van der Waals surface area (Å²) in [6.07, 6.45) is 0. The molecule has 0 heterocycles. The zero-order valence-electron chi connectivity index (χ0n) is 4.13. The average Bonchev–Trinajstić information content (AvgIpc) is 1.89. The summed E-state index contributed by atoms with van der Waals surface area (Å²) in [5.41, 5.74) is 0. The third-order valence-corrected chi connectivity index (χ3v) is 2.43. The van der Waals surface area contributed by atoms with Crippen LogP contribution in [0.15, 0.2) is 0 Å². The van der Waals surface area contributed by atoms with Crippen LogP contribution < -0.4 is 17.2 Å². The Bertz CT molecular complexity index is 235. The van der Waals surface area contributed by atoms with Crippen molar-refractivity contribution in [1.29, 1.82) is 0 Å². The quantitative estimate of drug-likeness (QED) is 0.320. The van der Waals surface area contributed by atoms with Crippen LogP contribution in [0.5, 0.6) is 0 Å². The van der Waals surface area contributed by atoms with E-state index in [4.69, 9.17) is 0 Å². The van der Waals surface area contributed by atoms with Gasteiger partial charge in [0.05, 0.1) is 0 Å². The van der Waals surface area contributed by atoms with Gasteiger partial charge < -0.3 is 0 Å². The van der Waals surface area contributed by atoms with E-state index in [-0.39, 0.29) is 17.2 Å². The van der Waals surface area contributed by atoms with Gasteiger partial charge in [-0.15, -0.1) is 0 Å². The van der Waals surface area contributed by atoms with E-state index >= 15 is 0 Å². The molecule has 0 spiro atoms. The van der Waals surface area contributed by atoms with E-state index in [1.807, 2.05) is 22.6 Å². The number of halogens is 3. The molecule has 0 aliphatic carbocycles. The van der Waals surface area contributed by atoms with Crippen molar-refractivity contribution in [3.8, 4) is 31.5 Å². The predicted molar refractivity (Wildman–Crippen MR) is 51.4 cm³/mol. The van der Waals surface area contributed by atoms with Gasteiger partial charge in [-0.1, -0.05) is 0 Å². The Morgan fingerprint density at radius 1 is 1.00 bits per heavy atom. The second-order valence-electron chi connectivity index (χ2n) is 0.760. The average molecular weight is 453 g/mol. The summed E-state index contributed by atoms with van der Waals surface area (Å²) < 4.78 is 5.54. The molecule has 0 unspecified atom stereocenters. The zero-order chi connectivity index (χ0) is 6.95. The maximum absolute atomic E-state index is 2.91. The van der Waals surface area contributed by atoms with Crippen LogP contribution in [-0.2, 0) is 0 Å². The molecule has 0 amide bonds. The molecule has 0 atom stereocenters. The zero-order valence-corrected chi connectivity index (χ0v) is 10.6. The van der Waals surface area contributed by atoms with Crippen molar-refractivity contribution in [3.63, 3.8) is 0 Å². The van der Waals surface area contributed by atoms with Crippen LogP contribution in [0.25, 0.3) is 0 Å². The SMILES string of the molecule is IC#CC#CC#C[I-]I. The van der Waals surface area contributed by atoms with Crippen LogP contribution in [0, 0.1) is 31.5 Å². The third kappa shape index (κ3) is 8.87. The summed E-state index contributed by atoms with van der Waals surface area (Å²) in [7, 11) is 0. The summed E-state index contributed by atoms with van der Waals surface area (Å²) in [5, 5.41) is 0. The van der Waals surface area contributed by atoms with Crippen molar-refractivity contribution in [1.82, 2.24) is 0 Å². The minimum absolute atomic E-state index is 0.0414. The minimum atomic E-state index is 0.0414. The van der Waals surface area contributed by atoms with Crippen LogP contribution in [0.4, 0.5) is 0 Å². The molecule has 0 aliphatic heterocycles. The molecule has 0 N–H and O–H groups in total. The Balaban J connectivity index is 3.71.